The number of hydrogen-bond acceptors (Lipinski definition) is 2. The van der Waals surface area contributed by atoms with Gasteiger partial charge in [-0.3, -0.25) is 0 Å². The van der Waals surface area contributed by atoms with E-state index in [9.17, 15) is 9.59 Å². The summed E-state index contributed by atoms with van der Waals surface area (Å²) in [7, 11) is 0. The average Bonchev–Trinajstić information content (AvgIpc) is 2.21. The van der Waals surface area contributed by atoms with E-state index >= 15 is 0 Å². The van der Waals surface area contributed by atoms with Crippen LogP contribution in [-0.4, -0.2) is 42.8 Å². The molecular formula is C10H20HgN2O2. The van der Waals surface area contributed by atoms with Crippen LogP contribution < -0.4 is 0 Å². The second kappa shape index (κ2) is 8.08. The molecule has 0 aromatic carbocycles. The quantitative estimate of drug-likeness (QED) is 0.640. The molecule has 0 aromatic heterocycles. The van der Waals surface area contributed by atoms with Crippen LogP contribution in [0.5, 0.6) is 0 Å². The minimum atomic E-state index is -2.09. The molecule has 84 valence electrons. The molecule has 0 rings (SSSR count). The Morgan fingerprint density at radius 2 is 1.07 bits per heavy atom. The third-order valence-electron chi connectivity index (χ3n) is 2.53. The van der Waals surface area contributed by atoms with Crippen LogP contribution in [0.15, 0.2) is 0 Å². The molecule has 0 aromatic rings. The Morgan fingerprint density at radius 1 is 0.800 bits per heavy atom. The zero-order chi connectivity index (χ0) is 11.8. The van der Waals surface area contributed by atoms with Gasteiger partial charge in [0.05, 0.1) is 0 Å². The summed E-state index contributed by atoms with van der Waals surface area (Å²) in [5.74, 6) is 0. The molecule has 0 atom stereocenters. The second-order valence-electron chi connectivity index (χ2n) is 3.31. The van der Waals surface area contributed by atoms with Crippen molar-refractivity contribution in [3.8, 4) is 0 Å². The van der Waals surface area contributed by atoms with Gasteiger partial charge in [0.2, 0.25) is 0 Å². The molecule has 0 saturated heterocycles. The number of hydrogen-bond donors (Lipinski definition) is 0. The van der Waals surface area contributed by atoms with E-state index in [0.717, 1.165) is 26.2 Å². The molecule has 15 heavy (non-hydrogen) atoms. The molecule has 0 aliphatic heterocycles. The summed E-state index contributed by atoms with van der Waals surface area (Å²) < 4.78 is 0.300. The van der Waals surface area contributed by atoms with Crippen LogP contribution in [0, 0.1) is 0 Å². The molecule has 0 bridgehead atoms. The van der Waals surface area contributed by atoms with E-state index in [1.54, 1.807) is 9.80 Å². The number of carbonyl (C=O) groups is 2. The molecule has 0 aliphatic rings. The van der Waals surface area contributed by atoms with Crippen molar-refractivity contribution in [1.82, 2.24) is 9.80 Å². The van der Waals surface area contributed by atoms with Gasteiger partial charge < -0.3 is 0 Å². The molecule has 0 fully saturated rings. The summed E-state index contributed by atoms with van der Waals surface area (Å²) >= 11 is -2.09. The number of amides is 2. The monoisotopic (exact) mass is 402 g/mol. The number of nitrogens with zero attached hydrogens (tertiary/aromatic N) is 2. The van der Waals surface area contributed by atoms with Crippen molar-refractivity contribution in [3.05, 3.63) is 0 Å². The Hall–Kier alpha value is -0.125. The van der Waals surface area contributed by atoms with Crippen molar-refractivity contribution in [3.63, 3.8) is 0 Å². The fourth-order valence-electron chi connectivity index (χ4n) is 1.51. The summed E-state index contributed by atoms with van der Waals surface area (Å²) in [6.07, 6.45) is 0. The van der Waals surface area contributed by atoms with Gasteiger partial charge in [0.1, 0.15) is 0 Å². The van der Waals surface area contributed by atoms with E-state index < -0.39 is 24.6 Å². The van der Waals surface area contributed by atoms with Crippen LogP contribution in [0.25, 0.3) is 0 Å². The second-order valence-corrected chi connectivity index (χ2v) is 9.39. The molecule has 0 radical (unpaired) electrons. The molecule has 2 amide bonds. The van der Waals surface area contributed by atoms with Crippen LogP contribution in [0.1, 0.15) is 27.7 Å². The summed E-state index contributed by atoms with van der Waals surface area (Å²) in [5, 5.41) is 0. The van der Waals surface area contributed by atoms with Gasteiger partial charge in [-0.15, -0.1) is 0 Å². The summed E-state index contributed by atoms with van der Waals surface area (Å²) in [5.41, 5.74) is 0. The van der Waals surface area contributed by atoms with Crippen LogP contribution in [0.2, 0.25) is 0 Å². The van der Waals surface area contributed by atoms with Gasteiger partial charge in [-0.1, -0.05) is 0 Å². The molecule has 5 heteroatoms. The topological polar surface area (TPSA) is 40.6 Å². The van der Waals surface area contributed by atoms with E-state index in [2.05, 4.69) is 0 Å². The maximum absolute atomic E-state index is 11.7. The van der Waals surface area contributed by atoms with Crippen molar-refractivity contribution in [2.24, 2.45) is 0 Å². The zero-order valence-electron chi connectivity index (χ0n) is 10.2. The van der Waals surface area contributed by atoms with Gasteiger partial charge in [-0.05, 0) is 0 Å². The molecular weight excluding hydrogens is 381 g/mol. The SMILES string of the molecule is CCN(CC)[C](=O)[Hg][C](=O)N(CC)CC. The van der Waals surface area contributed by atoms with Gasteiger partial charge in [0, 0.05) is 0 Å². The van der Waals surface area contributed by atoms with Gasteiger partial charge in [0.25, 0.3) is 0 Å². The van der Waals surface area contributed by atoms with Crippen molar-refractivity contribution < 1.29 is 34.2 Å². The Bertz CT molecular complexity index is 191. The van der Waals surface area contributed by atoms with Crippen molar-refractivity contribution in [2.75, 3.05) is 26.2 Å². The van der Waals surface area contributed by atoms with E-state index in [1.807, 2.05) is 27.7 Å². The summed E-state index contributed by atoms with van der Waals surface area (Å²) in [6, 6.07) is 0. The average molecular weight is 401 g/mol. The van der Waals surface area contributed by atoms with Gasteiger partial charge in [-0.25, -0.2) is 0 Å². The Balaban J connectivity index is 4.21. The zero-order valence-corrected chi connectivity index (χ0v) is 15.7. The number of carbonyl (C=O) groups excluding carboxylic acids is 2. The third-order valence-corrected chi connectivity index (χ3v) is 8.36. The van der Waals surface area contributed by atoms with Crippen molar-refractivity contribution in [1.29, 1.82) is 0 Å². The van der Waals surface area contributed by atoms with E-state index in [0.29, 0.717) is 0 Å². The molecule has 0 aliphatic carbocycles. The molecule has 0 heterocycles. The summed E-state index contributed by atoms with van der Waals surface area (Å²) in [6.45, 7) is 10.7. The molecule has 0 spiro atoms. The first kappa shape index (κ1) is 14.9. The molecule has 4 nitrogen and oxygen atoms in total. The van der Waals surface area contributed by atoms with Crippen LogP contribution in [0.3, 0.4) is 0 Å². The van der Waals surface area contributed by atoms with Gasteiger partial charge in [-0.2, -0.15) is 0 Å². The minimum absolute atomic E-state index is 0.150. The van der Waals surface area contributed by atoms with Crippen LogP contribution >= 0.6 is 0 Å². The van der Waals surface area contributed by atoms with Gasteiger partial charge in [0.15, 0.2) is 0 Å². The Morgan fingerprint density at radius 3 is 1.27 bits per heavy atom. The molecule has 0 N–H and O–H groups in total. The first-order valence-corrected chi connectivity index (χ1v) is 11.2. The Kier molecular flexibility index (Phi) is 8.01. The van der Waals surface area contributed by atoms with E-state index in [1.165, 1.54) is 0 Å². The maximum atomic E-state index is 11.7. The standard InChI is InChI=1S/2C5H10NO.Hg/c2*1-3-6(4-2)5-7;/h2*3-4H2,1-2H3;. The predicted octanol–water partition coefficient (Wildman–Crippen LogP) is 1.99. The molecule has 0 saturated carbocycles. The third kappa shape index (κ3) is 4.95. The van der Waals surface area contributed by atoms with Crippen molar-refractivity contribution in [2.45, 2.75) is 27.7 Å². The van der Waals surface area contributed by atoms with Crippen LogP contribution in [0.4, 0.5) is 9.59 Å². The fraction of sp³-hybridized carbons (Fsp3) is 0.800. The first-order chi connectivity index (χ1) is 7.10. The van der Waals surface area contributed by atoms with Crippen molar-refractivity contribution >= 4 is 6.83 Å². The first-order valence-electron chi connectivity index (χ1n) is 5.66. The van der Waals surface area contributed by atoms with Gasteiger partial charge >= 0.3 is 105 Å². The Labute approximate surface area is 104 Å². The van der Waals surface area contributed by atoms with Crippen LogP contribution in [-0.2, 0) is 24.6 Å². The van der Waals surface area contributed by atoms with E-state index in [4.69, 9.17) is 0 Å². The molecule has 0 unspecified atom stereocenters. The fourth-order valence-corrected chi connectivity index (χ4v) is 7.73. The number of rotatable bonds is 6. The van der Waals surface area contributed by atoms with E-state index in [-0.39, 0.29) is 6.83 Å². The normalized spacial score (nSPS) is 9.33. The predicted molar refractivity (Wildman–Crippen MR) is 56.6 cm³/mol. The summed E-state index contributed by atoms with van der Waals surface area (Å²) in [4.78, 5) is 27.0.